The number of aromatic nitrogens is 1. The average molecular weight is 490 g/mol. The van der Waals surface area contributed by atoms with Gasteiger partial charge in [-0.25, -0.2) is 25.2 Å². The van der Waals surface area contributed by atoms with Crippen LogP contribution in [0.15, 0.2) is 58.5 Å². The summed E-state index contributed by atoms with van der Waals surface area (Å²) >= 11 is 0. The predicted octanol–water partition coefficient (Wildman–Crippen LogP) is 2.69. The molecule has 0 amide bonds. The smallest absolute Gasteiger partial charge is 0.267 e. The molecule has 1 atom stereocenters. The molecule has 11 heteroatoms. The number of aliphatic hydroxyl groups is 1. The van der Waals surface area contributed by atoms with E-state index in [1.807, 2.05) is 6.92 Å². The number of anilines is 1. The lowest BCUT2D eigenvalue weighted by Gasteiger charge is -2.20. The highest BCUT2D eigenvalue weighted by atomic mass is 32.2. The Morgan fingerprint density at radius 1 is 1.15 bits per heavy atom. The van der Waals surface area contributed by atoms with Gasteiger partial charge in [0.2, 0.25) is 0 Å². The van der Waals surface area contributed by atoms with Crippen molar-refractivity contribution >= 4 is 25.7 Å². The Labute approximate surface area is 191 Å². The molecule has 1 aromatic heterocycles. The van der Waals surface area contributed by atoms with Crippen molar-refractivity contribution in [2.75, 3.05) is 4.72 Å². The second kappa shape index (κ2) is 8.30. The third kappa shape index (κ3) is 4.25. The van der Waals surface area contributed by atoms with Gasteiger partial charge in [0.15, 0.2) is 0 Å². The van der Waals surface area contributed by atoms with E-state index in [2.05, 4.69) is 4.72 Å². The number of benzene rings is 2. The van der Waals surface area contributed by atoms with Gasteiger partial charge in [-0.15, -0.1) is 0 Å². The molecule has 0 saturated heterocycles. The second-order valence-electron chi connectivity index (χ2n) is 7.84. The molecule has 1 aliphatic carbocycles. The summed E-state index contributed by atoms with van der Waals surface area (Å²) in [6.07, 6.45) is 0.538. The zero-order valence-corrected chi connectivity index (χ0v) is 19.1. The number of nitriles is 1. The van der Waals surface area contributed by atoms with E-state index in [1.165, 1.54) is 18.2 Å². The molecule has 0 spiro atoms. The molecule has 1 unspecified atom stereocenters. The number of aliphatic hydroxyl groups excluding tert-OH is 1. The molecular weight excluding hydrogens is 469 g/mol. The predicted molar refractivity (Wildman–Crippen MR) is 118 cm³/mol. The van der Waals surface area contributed by atoms with Crippen molar-refractivity contribution in [3.63, 3.8) is 0 Å². The van der Waals surface area contributed by atoms with Crippen LogP contribution in [0.2, 0.25) is 0 Å². The lowest BCUT2D eigenvalue weighted by atomic mass is 9.96. The molecule has 3 aromatic rings. The van der Waals surface area contributed by atoms with Crippen molar-refractivity contribution in [2.24, 2.45) is 0 Å². The van der Waals surface area contributed by atoms with Crippen molar-refractivity contribution in [1.29, 1.82) is 5.26 Å². The van der Waals surface area contributed by atoms with Gasteiger partial charge in [0.1, 0.15) is 10.7 Å². The molecule has 172 valence electrons. The Kier molecular flexibility index (Phi) is 5.78. The normalized spacial score (nSPS) is 16.1. The molecule has 2 N–H and O–H groups in total. The maximum atomic E-state index is 14.3. The van der Waals surface area contributed by atoms with Gasteiger partial charge < -0.3 is 5.11 Å². The number of hydrogen-bond acceptors (Lipinski definition) is 6. The van der Waals surface area contributed by atoms with E-state index in [-0.39, 0.29) is 51.6 Å². The minimum Gasteiger partial charge on any atom is -0.393 e. The summed E-state index contributed by atoms with van der Waals surface area (Å²) in [4.78, 5) is -0.329. The lowest BCUT2D eigenvalue weighted by molar-refractivity contribution is 0.156. The van der Waals surface area contributed by atoms with Gasteiger partial charge in [0.05, 0.1) is 28.3 Å². The highest BCUT2D eigenvalue weighted by Gasteiger charge is 2.34. The molecule has 4 rings (SSSR count). The van der Waals surface area contributed by atoms with Crippen molar-refractivity contribution < 1.29 is 26.3 Å². The van der Waals surface area contributed by atoms with E-state index in [1.54, 1.807) is 18.2 Å². The van der Waals surface area contributed by atoms with E-state index in [9.17, 15) is 26.3 Å². The lowest BCUT2D eigenvalue weighted by Crippen LogP contribution is -2.24. The van der Waals surface area contributed by atoms with Crippen LogP contribution in [0.4, 0.5) is 10.1 Å². The largest absolute Gasteiger partial charge is 0.393 e. The molecule has 1 heterocycles. The van der Waals surface area contributed by atoms with Gasteiger partial charge in [-0.05, 0) is 55.7 Å². The first-order valence-corrected chi connectivity index (χ1v) is 12.9. The van der Waals surface area contributed by atoms with Crippen molar-refractivity contribution in [2.45, 2.75) is 42.1 Å². The van der Waals surface area contributed by atoms with Gasteiger partial charge >= 0.3 is 0 Å². The first kappa shape index (κ1) is 23.0. The van der Waals surface area contributed by atoms with Crippen LogP contribution in [-0.2, 0) is 32.9 Å². The fraction of sp³-hybridized carbons (Fsp3) is 0.227. The van der Waals surface area contributed by atoms with E-state index >= 15 is 0 Å². The summed E-state index contributed by atoms with van der Waals surface area (Å²) in [6.45, 7) is 1.81. The molecule has 0 aliphatic heterocycles. The van der Waals surface area contributed by atoms with Crippen LogP contribution in [0.5, 0.6) is 0 Å². The van der Waals surface area contributed by atoms with Crippen LogP contribution >= 0.6 is 0 Å². The third-order valence-electron chi connectivity index (χ3n) is 5.51. The minimum absolute atomic E-state index is 0.0251. The molecular formula is C22H20FN3O5S2. The van der Waals surface area contributed by atoms with Gasteiger partial charge in [-0.2, -0.15) is 5.26 Å². The van der Waals surface area contributed by atoms with Crippen LogP contribution in [-0.4, -0.2) is 32.0 Å². The summed E-state index contributed by atoms with van der Waals surface area (Å²) in [5, 5.41) is 19.0. The number of hydrogen-bond donors (Lipinski definition) is 2. The minimum atomic E-state index is -4.38. The fourth-order valence-corrected chi connectivity index (χ4v) is 6.64. The quantitative estimate of drug-likeness (QED) is 0.567. The highest BCUT2D eigenvalue weighted by molar-refractivity contribution is 7.93. The first-order valence-electron chi connectivity index (χ1n) is 9.99. The van der Waals surface area contributed by atoms with E-state index in [0.29, 0.717) is 0 Å². The second-order valence-corrected chi connectivity index (χ2v) is 11.3. The van der Waals surface area contributed by atoms with Crippen LogP contribution in [0, 0.1) is 24.1 Å². The van der Waals surface area contributed by atoms with Crippen molar-refractivity contribution in [3.8, 4) is 6.07 Å². The van der Waals surface area contributed by atoms with E-state index < -0.39 is 32.0 Å². The van der Waals surface area contributed by atoms with Gasteiger partial charge in [-0.1, -0.05) is 17.7 Å². The van der Waals surface area contributed by atoms with Crippen LogP contribution in [0.3, 0.4) is 0 Å². The van der Waals surface area contributed by atoms with E-state index in [4.69, 9.17) is 5.26 Å². The van der Waals surface area contributed by atoms with Crippen LogP contribution in [0.25, 0.3) is 0 Å². The van der Waals surface area contributed by atoms with Crippen molar-refractivity contribution in [3.05, 3.63) is 76.9 Å². The summed E-state index contributed by atoms with van der Waals surface area (Å²) < 4.78 is 70.3. The topological polar surface area (TPSA) is 129 Å². The Balaban J connectivity index is 1.83. The molecule has 8 nitrogen and oxygen atoms in total. The third-order valence-corrected chi connectivity index (χ3v) is 8.64. The number of halogens is 1. The summed E-state index contributed by atoms with van der Waals surface area (Å²) in [5.41, 5.74) is 0.952. The number of rotatable bonds is 5. The average Bonchev–Trinajstić information content (AvgIpc) is 3.16. The molecule has 0 radical (unpaired) electrons. The molecule has 1 aliphatic rings. The number of sulfonamides is 1. The first-order chi connectivity index (χ1) is 15.5. The molecule has 0 bridgehead atoms. The Hall–Kier alpha value is -3.20. The zero-order chi connectivity index (χ0) is 24.0. The maximum Gasteiger partial charge on any atom is 0.267 e. The number of nitrogens with zero attached hydrogens (tertiary/aromatic N) is 2. The molecule has 2 aromatic carbocycles. The highest BCUT2D eigenvalue weighted by Crippen LogP contribution is 2.33. The Morgan fingerprint density at radius 2 is 1.85 bits per heavy atom. The summed E-state index contributed by atoms with van der Waals surface area (Å²) in [7, 11) is -8.53. The van der Waals surface area contributed by atoms with E-state index in [0.717, 1.165) is 27.9 Å². The molecule has 33 heavy (non-hydrogen) atoms. The Bertz CT molecular complexity index is 1490. The van der Waals surface area contributed by atoms with Crippen LogP contribution < -0.4 is 4.72 Å². The Morgan fingerprint density at radius 3 is 2.48 bits per heavy atom. The number of nitrogens with one attached hydrogen (secondary N) is 1. The zero-order valence-electron chi connectivity index (χ0n) is 17.5. The van der Waals surface area contributed by atoms with Crippen LogP contribution in [0.1, 0.15) is 28.8 Å². The number of fused-ring (bicyclic) bond motifs is 1. The van der Waals surface area contributed by atoms with Gasteiger partial charge in [-0.3, -0.25) is 4.72 Å². The van der Waals surface area contributed by atoms with Gasteiger partial charge in [0.25, 0.3) is 20.0 Å². The summed E-state index contributed by atoms with van der Waals surface area (Å²) in [6, 6.07) is 11.2. The van der Waals surface area contributed by atoms with Gasteiger partial charge in [0, 0.05) is 18.3 Å². The number of aryl methyl sites for hydroxylation is 1. The maximum absolute atomic E-state index is 14.3. The standard InChI is InChI=1S/C22H20FN3O5S2/c1-14-2-6-17(7-3-14)33(30,31)26-13-22(18-8-5-16(27)11-21(18)26)32(28,29)25-20-9-4-15(12-24)10-19(20)23/h2-4,6-7,9-10,13,16,25,27H,5,8,11H2,1H3. The monoisotopic (exact) mass is 489 g/mol. The SMILES string of the molecule is Cc1ccc(S(=O)(=O)n2cc(S(=O)(=O)Nc3ccc(C#N)cc3F)c3c2CC(O)CC3)cc1. The molecule has 0 saturated carbocycles. The van der Waals surface area contributed by atoms with Crippen molar-refractivity contribution in [1.82, 2.24) is 3.97 Å². The summed E-state index contributed by atoms with van der Waals surface area (Å²) in [5.74, 6) is -0.936. The molecule has 0 fully saturated rings. The fourth-order valence-electron chi connectivity index (χ4n) is 3.79.